The van der Waals surface area contributed by atoms with Crippen molar-refractivity contribution in [1.82, 2.24) is 9.97 Å². The van der Waals surface area contributed by atoms with Gasteiger partial charge in [0.2, 0.25) is 0 Å². The van der Waals surface area contributed by atoms with Crippen molar-refractivity contribution in [2.75, 3.05) is 30.4 Å². The van der Waals surface area contributed by atoms with Gasteiger partial charge in [0.15, 0.2) is 0 Å². The van der Waals surface area contributed by atoms with Crippen molar-refractivity contribution in [3.05, 3.63) is 11.9 Å². The lowest BCUT2D eigenvalue weighted by Gasteiger charge is -2.16. The molecule has 0 unspecified atom stereocenters. The summed E-state index contributed by atoms with van der Waals surface area (Å²) in [5.74, 6) is 2.41. The molecule has 5 heteroatoms. The standard InChI is InChI=1S/C11H17N5/c1-4-16(3)11-8-10(13-7-5-6-12)14-9(2)15-11/h8H,4-5,7H2,1-3H3,(H,13,14,15). The molecule has 0 aromatic carbocycles. The van der Waals surface area contributed by atoms with Crippen LogP contribution in [-0.4, -0.2) is 30.1 Å². The average molecular weight is 219 g/mol. The number of nitrogens with one attached hydrogen (secondary N) is 1. The van der Waals surface area contributed by atoms with E-state index in [0.29, 0.717) is 13.0 Å². The van der Waals surface area contributed by atoms with Gasteiger partial charge in [0.1, 0.15) is 17.5 Å². The number of hydrogen-bond donors (Lipinski definition) is 1. The van der Waals surface area contributed by atoms with Crippen LogP contribution < -0.4 is 10.2 Å². The zero-order valence-electron chi connectivity index (χ0n) is 9.99. The maximum atomic E-state index is 8.45. The van der Waals surface area contributed by atoms with Crippen LogP contribution in [0, 0.1) is 18.3 Å². The average Bonchev–Trinajstić information content (AvgIpc) is 2.27. The fourth-order valence-electron chi connectivity index (χ4n) is 1.25. The predicted molar refractivity (Wildman–Crippen MR) is 64.4 cm³/mol. The van der Waals surface area contributed by atoms with Crippen LogP contribution in [0.1, 0.15) is 19.2 Å². The first-order chi connectivity index (χ1) is 7.67. The monoisotopic (exact) mass is 219 g/mol. The third kappa shape index (κ3) is 3.39. The van der Waals surface area contributed by atoms with Crippen LogP contribution in [0.3, 0.4) is 0 Å². The van der Waals surface area contributed by atoms with Crippen LogP contribution in [0.2, 0.25) is 0 Å². The van der Waals surface area contributed by atoms with E-state index in [2.05, 4.69) is 28.3 Å². The fourth-order valence-corrected chi connectivity index (χ4v) is 1.25. The molecule has 1 heterocycles. The van der Waals surface area contributed by atoms with Gasteiger partial charge in [0.05, 0.1) is 12.5 Å². The minimum absolute atomic E-state index is 0.474. The Balaban J connectivity index is 2.78. The lowest BCUT2D eigenvalue weighted by atomic mass is 10.4. The summed E-state index contributed by atoms with van der Waals surface area (Å²) in [5, 5.41) is 11.6. The van der Waals surface area contributed by atoms with Gasteiger partial charge in [-0.05, 0) is 13.8 Å². The van der Waals surface area contributed by atoms with Gasteiger partial charge in [-0.25, -0.2) is 9.97 Å². The van der Waals surface area contributed by atoms with Crippen molar-refractivity contribution < 1.29 is 0 Å². The highest BCUT2D eigenvalue weighted by atomic mass is 15.2. The van der Waals surface area contributed by atoms with E-state index in [4.69, 9.17) is 5.26 Å². The molecule has 0 saturated carbocycles. The molecule has 0 amide bonds. The van der Waals surface area contributed by atoms with Crippen LogP contribution >= 0.6 is 0 Å². The highest BCUT2D eigenvalue weighted by Crippen LogP contribution is 2.14. The minimum Gasteiger partial charge on any atom is -0.369 e. The Bertz CT molecular complexity index is 382. The summed E-state index contributed by atoms with van der Waals surface area (Å²) in [6.45, 7) is 5.44. The van der Waals surface area contributed by atoms with Crippen molar-refractivity contribution in [3.63, 3.8) is 0 Å². The first-order valence-corrected chi connectivity index (χ1v) is 5.35. The topological polar surface area (TPSA) is 64.8 Å². The van der Waals surface area contributed by atoms with Crippen LogP contribution in [0.25, 0.3) is 0 Å². The second kappa shape index (κ2) is 5.91. The molecular weight excluding hydrogens is 202 g/mol. The fraction of sp³-hybridized carbons (Fsp3) is 0.545. The summed E-state index contributed by atoms with van der Waals surface area (Å²) < 4.78 is 0. The second-order valence-corrected chi connectivity index (χ2v) is 3.51. The van der Waals surface area contributed by atoms with E-state index in [1.807, 2.05) is 24.9 Å². The lowest BCUT2D eigenvalue weighted by molar-refractivity contribution is 0.909. The predicted octanol–water partition coefficient (Wildman–Crippen LogP) is 1.57. The van der Waals surface area contributed by atoms with E-state index < -0.39 is 0 Å². The molecule has 1 aromatic rings. The maximum Gasteiger partial charge on any atom is 0.134 e. The zero-order valence-corrected chi connectivity index (χ0v) is 9.99. The van der Waals surface area contributed by atoms with Gasteiger partial charge >= 0.3 is 0 Å². The molecule has 5 nitrogen and oxygen atoms in total. The molecule has 1 N–H and O–H groups in total. The summed E-state index contributed by atoms with van der Waals surface area (Å²) in [4.78, 5) is 10.7. The molecule has 0 aliphatic heterocycles. The largest absolute Gasteiger partial charge is 0.369 e. The molecule has 0 saturated heterocycles. The highest BCUT2D eigenvalue weighted by molar-refractivity contribution is 5.48. The molecule has 1 rings (SSSR count). The molecule has 0 atom stereocenters. The molecule has 0 aliphatic carbocycles. The Labute approximate surface area is 96.1 Å². The smallest absolute Gasteiger partial charge is 0.134 e. The third-order valence-electron chi connectivity index (χ3n) is 2.23. The summed E-state index contributed by atoms with van der Waals surface area (Å²) >= 11 is 0. The number of hydrogen-bond acceptors (Lipinski definition) is 5. The number of anilines is 2. The first-order valence-electron chi connectivity index (χ1n) is 5.35. The SMILES string of the molecule is CCN(C)c1cc(NCCC#N)nc(C)n1. The van der Waals surface area contributed by atoms with Gasteiger partial charge < -0.3 is 10.2 Å². The molecule has 1 aromatic heterocycles. The molecule has 0 aliphatic rings. The number of aromatic nitrogens is 2. The van der Waals surface area contributed by atoms with Crippen molar-refractivity contribution in [2.45, 2.75) is 20.3 Å². The molecular formula is C11H17N5. The third-order valence-corrected chi connectivity index (χ3v) is 2.23. The van der Waals surface area contributed by atoms with E-state index in [9.17, 15) is 0 Å². The summed E-state index contributed by atoms with van der Waals surface area (Å²) in [6, 6.07) is 3.98. The van der Waals surface area contributed by atoms with Gasteiger partial charge in [-0.2, -0.15) is 5.26 Å². The molecule has 0 radical (unpaired) electrons. The van der Waals surface area contributed by atoms with Crippen LogP contribution in [0.15, 0.2) is 6.07 Å². The quantitative estimate of drug-likeness (QED) is 0.761. The Morgan fingerprint density at radius 3 is 2.88 bits per heavy atom. The first kappa shape index (κ1) is 12.2. The van der Waals surface area contributed by atoms with Crippen molar-refractivity contribution in [2.24, 2.45) is 0 Å². The van der Waals surface area contributed by atoms with E-state index in [1.54, 1.807) is 0 Å². The Kier molecular flexibility index (Phi) is 4.52. The number of rotatable bonds is 5. The number of nitriles is 1. The lowest BCUT2D eigenvalue weighted by Crippen LogP contribution is -2.18. The van der Waals surface area contributed by atoms with E-state index in [1.165, 1.54) is 0 Å². The van der Waals surface area contributed by atoms with Gasteiger partial charge in [-0.1, -0.05) is 0 Å². The molecule has 16 heavy (non-hydrogen) atoms. The van der Waals surface area contributed by atoms with Crippen molar-refractivity contribution in [1.29, 1.82) is 5.26 Å². The molecule has 0 bridgehead atoms. The van der Waals surface area contributed by atoms with Gasteiger partial charge in [-0.15, -0.1) is 0 Å². The number of aryl methyl sites for hydroxylation is 1. The Morgan fingerprint density at radius 2 is 2.25 bits per heavy atom. The van der Waals surface area contributed by atoms with Crippen LogP contribution in [-0.2, 0) is 0 Å². The van der Waals surface area contributed by atoms with Crippen molar-refractivity contribution in [3.8, 4) is 6.07 Å². The van der Waals surface area contributed by atoms with E-state index >= 15 is 0 Å². The van der Waals surface area contributed by atoms with Crippen molar-refractivity contribution >= 4 is 11.6 Å². The maximum absolute atomic E-state index is 8.45. The van der Waals surface area contributed by atoms with Gasteiger partial charge in [0.25, 0.3) is 0 Å². The van der Waals surface area contributed by atoms with Crippen LogP contribution in [0.5, 0.6) is 0 Å². The normalized spacial score (nSPS) is 9.62. The number of nitrogens with zero attached hydrogens (tertiary/aromatic N) is 4. The zero-order chi connectivity index (χ0) is 12.0. The summed E-state index contributed by atoms with van der Waals surface area (Å²) in [5.41, 5.74) is 0. The van der Waals surface area contributed by atoms with E-state index in [-0.39, 0.29) is 0 Å². The van der Waals surface area contributed by atoms with Gasteiger partial charge in [-0.3, -0.25) is 0 Å². The van der Waals surface area contributed by atoms with Gasteiger partial charge in [0, 0.05) is 26.2 Å². The summed E-state index contributed by atoms with van der Waals surface area (Å²) in [6.07, 6.45) is 0.474. The van der Waals surface area contributed by atoms with Crippen LogP contribution in [0.4, 0.5) is 11.6 Å². The molecule has 0 fully saturated rings. The second-order valence-electron chi connectivity index (χ2n) is 3.51. The highest BCUT2D eigenvalue weighted by Gasteiger charge is 2.04. The molecule has 0 spiro atoms. The molecule has 86 valence electrons. The Hall–Kier alpha value is -1.83. The van der Waals surface area contributed by atoms with E-state index in [0.717, 1.165) is 24.0 Å². The minimum atomic E-state index is 0.474. The summed E-state index contributed by atoms with van der Waals surface area (Å²) in [7, 11) is 1.99. The Morgan fingerprint density at radius 1 is 1.50 bits per heavy atom.